The summed E-state index contributed by atoms with van der Waals surface area (Å²) < 4.78 is 26.7. The molecule has 57 heavy (non-hydrogen) atoms. The highest BCUT2D eigenvalue weighted by Crippen LogP contribution is 2.27. The fourth-order valence-electron chi connectivity index (χ4n) is 6.43. The van der Waals surface area contributed by atoms with Gasteiger partial charge in [0.15, 0.2) is 0 Å². The number of nitrogens with one attached hydrogen (secondary N) is 6. The molecule has 0 aliphatic heterocycles. The summed E-state index contributed by atoms with van der Waals surface area (Å²) in [6.45, 7) is 8.13. The first kappa shape index (κ1) is 46.1. The molecule has 1 saturated carbocycles. The molecule has 1 aromatic carbocycles. The average molecular weight is 813 g/mol. The zero-order valence-electron chi connectivity index (χ0n) is 33.2. The van der Waals surface area contributed by atoms with E-state index in [9.17, 15) is 42.0 Å². The van der Waals surface area contributed by atoms with Gasteiger partial charge in [0.1, 0.15) is 23.8 Å². The molecule has 5 atom stereocenters. The van der Waals surface area contributed by atoms with E-state index in [1.165, 1.54) is 42.9 Å². The summed E-state index contributed by atoms with van der Waals surface area (Å²) in [5.74, 6) is -6.23. The van der Waals surface area contributed by atoms with Crippen molar-refractivity contribution in [2.45, 2.75) is 121 Å². The molecule has 1 fully saturated rings. The molecule has 6 N–H and O–H groups in total. The molecule has 18 heteroatoms. The number of hydrogen-bond acceptors (Lipinski definition) is 11. The fourth-order valence-corrected chi connectivity index (χ4v) is 7.44. The van der Waals surface area contributed by atoms with Crippen molar-refractivity contribution in [2.24, 2.45) is 17.8 Å². The second-order valence-electron chi connectivity index (χ2n) is 14.8. The molecule has 0 unspecified atom stereocenters. The highest BCUT2D eigenvalue weighted by molar-refractivity contribution is 7.90. The highest BCUT2D eigenvalue weighted by Gasteiger charge is 2.35. The summed E-state index contributed by atoms with van der Waals surface area (Å²) in [5, 5.41) is 13.0. The lowest BCUT2D eigenvalue weighted by atomic mass is 9.84. The van der Waals surface area contributed by atoms with Crippen LogP contribution in [0.3, 0.4) is 0 Å². The molecule has 17 nitrogen and oxygen atoms in total. The van der Waals surface area contributed by atoms with Crippen molar-refractivity contribution in [1.82, 2.24) is 41.3 Å². The normalized spacial score (nSPS) is 15.8. The Balaban J connectivity index is 1.73. The number of nitrogens with zero attached hydrogens (tertiary/aromatic N) is 2. The summed E-state index contributed by atoms with van der Waals surface area (Å²) in [7, 11) is -4.21. The van der Waals surface area contributed by atoms with Gasteiger partial charge in [-0.15, -0.1) is 0 Å². The first-order valence-corrected chi connectivity index (χ1v) is 20.9. The molecule has 0 saturated heterocycles. The second-order valence-corrected chi connectivity index (χ2v) is 16.5. The van der Waals surface area contributed by atoms with Gasteiger partial charge in [0, 0.05) is 12.4 Å². The van der Waals surface area contributed by atoms with Crippen LogP contribution in [0.4, 0.5) is 0 Å². The Morgan fingerprint density at radius 2 is 1.42 bits per heavy atom. The van der Waals surface area contributed by atoms with Crippen molar-refractivity contribution in [3.63, 3.8) is 0 Å². The summed E-state index contributed by atoms with van der Waals surface area (Å²) in [6, 6.07) is 2.54. The summed E-state index contributed by atoms with van der Waals surface area (Å²) in [4.78, 5) is 101. The number of carbonyl (C=O) groups excluding carboxylic acids is 7. The minimum atomic E-state index is -4.21. The standard InChI is InChI=1S/C39H56N8O9S/c1-6-25(5)33(46-36(51)29(20-24(3)4)44-37(52)31-22-40-18-19-41-31)38(53)45-30(21-26-14-10-8-11-15-26)35(50)43-28(7-2)34(49)39(54)42-23-32(48)47-57(55,56)27-16-12-9-13-17-27/h9,12-13,16-19,22,24-26,28-30,33H,6-8,10-11,14-15,20-21,23H2,1-5H3,(H,42,54)(H,43,50)(H,44,52)(H,45,53)(H,46,51)(H,47,48)/t25-,28-,29-,30-,33-/m0/s1. The van der Waals surface area contributed by atoms with Gasteiger partial charge in [0.2, 0.25) is 23.5 Å². The van der Waals surface area contributed by atoms with Gasteiger partial charge in [0.05, 0.1) is 23.7 Å². The lowest BCUT2D eigenvalue weighted by Crippen LogP contribution is -2.60. The maximum atomic E-state index is 14.0. The minimum absolute atomic E-state index is 0.00778. The van der Waals surface area contributed by atoms with E-state index in [1.54, 1.807) is 19.9 Å². The molecule has 312 valence electrons. The molecule has 0 spiro atoms. The topological polar surface area (TPSA) is 252 Å². The van der Waals surface area contributed by atoms with Crippen LogP contribution in [0.25, 0.3) is 0 Å². The number of Topliss-reactive ketones (excluding diaryl/α,β-unsaturated/α-hetero) is 1. The molecule has 0 bridgehead atoms. The van der Waals surface area contributed by atoms with E-state index in [4.69, 9.17) is 0 Å². The Morgan fingerprint density at radius 1 is 0.772 bits per heavy atom. The van der Waals surface area contributed by atoms with Crippen molar-refractivity contribution in [3.8, 4) is 0 Å². The molecule has 2 aromatic rings. The Bertz CT molecular complexity index is 1810. The molecule has 1 aliphatic carbocycles. The number of carbonyl (C=O) groups is 7. The number of rotatable bonds is 21. The third-order valence-corrected chi connectivity index (χ3v) is 11.2. The average Bonchev–Trinajstić information content (AvgIpc) is 3.20. The van der Waals surface area contributed by atoms with Crippen molar-refractivity contribution in [2.75, 3.05) is 6.54 Å². The van der Waals surface area contributed by atoms with Gasteiger partial charge in [-0.3, -0.25) is 38.5 Å². The molecule has 1 aliphatic rings. The maximum Gasteiger partial charge on any atom is 0.290 e. The maximum absolute atomic E-state index is 14.0. The van der Waals surface area contributed by atoms with E-state index in [-0.39, 0.29) is 41.7 Å². The second kappa shape index (κ2) is 22.5. The van der Waals surface area contributed by atoms with Gasteiger partial charge in [-0.2, -0.15) is 0 Å². The lowest BCUT2D eigenvalue weighted by Gasteiger charge is -2.31. The van der Waals surface area contributed by atoms with Crippen LogP contribution in [0.5, 0.6) is 0 Å². The quantitative estimate of drug-likeness (QED) is 0.0990. The first-order chi connectivity index (χ1) is 27.1. The third kappa shape index (κ3) is 14.6. The van der Waals surface area contributed by atoms with Crippen LogP contribution in [0.15, 0.2) is 53.8 Å². The van der Waals surface area contributed by atoms with E-state index in [0.717, 1.165) is 32.1 Å². The van der Waals surface area contributed by atoms with Gasteiger partial charge in [0.25, 0.3) is 27.7 Å². The zero-order valence-corrected chi connectivity index (χ0v) is 34.0. The predicted octanol–water partition coefficient (Wildman–Crippen LogP) is 1.69. The van der Waals surface area contributed by atoms with E-state index >= 15 is 0 Å². The summed E-state index contributed by atoms with van der Waals surface area (Å²) in [5.41, 5.74) is 0.0213. The molecule has 3 rings (SSSR count). The Kier molecular flexibility index (Phi) is 18.2. The molecule has 0 radical (unpaired) electrons. The number of hydrogen-bond donors (Lipinski definition) is 6. The van der Waals surface area contributed by atoms with Gasteiger partial charge in [-0.1, -0.05) is 91.3 Å². The summed E-state index contributed by atoms with van der Waals surface area (Å²) >= 11 is 0. The zero-order chi connectivity index (χ0) is 42.1. The van der Waals surface area contributed by atoms with Crippen LogP contribution < -0.4 is 31.3 Å². The van der Waals surface area contributed by atoms with Gasteiger partial charge in [-0.25, -0.2) is 18.1 Å². The fraction of sp³-hybridized carbons (Fsp3) is 0.564. The number of aromatic nitrogens is 2. The molecule has 1 aromatic heterocycles. The first-order valence-electron chi connectivity index (χ1n) is 19.5. The summed E-state index contributed by atoms with van der Waals surface area (Å²) in [6.07, 6.45) is 9.62. The van der Waals surface area contributed by atoms with Crippen molar-refractivity contribution >= 4 is 51.2 Å². The van der Waals surface area contributed by atoms with Gasteiger partial charge < -0.3 is 26.6 Å². The monoisotopic (exact) mass is 812 g/mol. The lowest BCUT2D eigenvalue weighted by molar-refractivity contribution is -0.141. The van der Waals surface area contributed by atoms with E-state index in [2.05, 4.69) is 36.6 Å². The number of amides is 6. The highest BCUT2D eigenvalue weighted by atomic mass is 32.2. The smallest absolute Gasteiger partial charge is 0.290 e. The molecular weight excluding hydrogens is 757 g/mol. The van der Waals surface area contributed by atoms with Crippen molar-refractivity contribution < 1.29 is 42.0 Å². The van der Waals surface area contributed by atoms with E-state index in [1.807, 2.05) is 25.5 Å². The van der Waals surface area contributed by atoms with Crippen molar-refractivity contribution in [1.29, 1.82) is 0 Å². The SMILES string of the molecule is CC[C@H](NC(=O)[C@H](CC1CCCCC1)NC(=O)[C@@H](NC(=O)[C@H](CC(C)C)NC(=O)c1cnccn1)[C@@H](C)CC)C(=O)C(=O)NCC(=O)NS(=O)(=O)c1ccccc1. The van der Waals surface area contributed by atoms with Gasteiger partial charge >= 0.3 is 0 Å². The Morgan fingerprint density at radius 3 is 2.02 bits per heavy atom. The largest absolute Gasteiger partial charge is 0.344 e. The third-order valence-electron chi connectivity index (χ3n) is 9.82. The van der Waals surface area contributed by atoms with E-state index in [0.29, 0.717) is 6.42 Å². The van der Waals surface area contributed by atoms with Crippen LogP contribution in [0.2, 0.25) is 0 Å². The molecular formula is C39H56N8O9S. The Hall–Kier alpha value is -5.26. The van der Waals surface area contributed by atoms with Crippen LogP contribution in [0.1, 0.15) is 103 Å². The van der Waals surface area contributed by atoms with Crippen LogP contribution in [0, 0.1) is 17.8 Å². The number of sulfonamides is 1. The predicted molar refractivity (Wildman–Crippen MR) is 209 cm³/mol. The molecule has 6 amide bonds. The number of benzene rings is 1. The van der Waals surface area contributed by atoms with Crippen LogP contribution in [-0.4, -0.2) is 90.3 Å². The van der Waals surface area contributed by atoms with E-state index < -0.39 is 87.9 Å². The van der Waals surface area contributed by atoms with Crippen LogP contribution in [-0.2, 0) is 38.8 Å². The number of ketones is 1. The minimum Gasteiger partial charge on any atom is -0.344 e. The van der Waals surface area contributed by atoms with Gasteiger partial charge in [-0.05, 0) is 49.1 Å². The molecule has 1 heterocycles. The van der Waals surface area contributed by atoms with Crippen LogP contribution >= 0.6 is 0 Å². The Labute approximate surface area is 334 Å². The van der Waals surface area contributed by atoms with Crippen molar-refractivity contribution in [3.05, 3.63) is 54.6 Å².